The van der Waals surface area contributed by atoms with Crippen LogP contribution in [0.5, 0.6) is 0 Å². The van der Waals surface area contributed by atoms with E-state index < -0.39 is 5.97 Å². The third kappa shape index (κ3) is 11.1. The lowest BCUT2D eigenvalue weighted by Gasteiger charge is -2.11. The van der Waals surface area contributed by atoms with Crippen molar-refractivity contribution in [2.24, 2.45) is 5.92 Å². The smallest absolute Gasteiger partial charge is 0.243 e. The van der Waals surface area contributed by atoms with Gasteiger partial charge in [0.2, 0.25) is 6.33 Å². The van der Waals surface area contributed by atoms with E-state index in [4.69, 9.17) is 9.90 Å². The summed E-state index contributed by atoms with van der Waals surface area (Å²) < 4.78 is 4.68. The maximum absolute atomic E-state index is 8.89. The van der Waals surface area contributed by atoms with Crippen LogP contribution >= 0.6 is 0 Å². The Morgan fingerprint density at radius 1 is 1.24 bits per heavy atom. The monoisotopic (exact) mass is 296 g/mol. The third-order valence-corrected chi connectivity index (χ3v) is 3.53. The normalized spacial score (nSPS) is 11.6. The average Bonchev–Trinajstić information content (AvgIpc) is 2.88. The van der Waals surface area contributed by atoms with E-state index in [9.17, 15) is 0 Å². The molecule has 122 valence electrons. The second-order valence-corrected chi connectivity index (χ2v) is 5.61. The summed E-state index contributed by atoms with van der Waals surface area (Å²) in [5, 5.41) is 8.89. The van der Waals surface area contributed by atoms with Crippen molar-refractivity contribution in [1.82, 2.24) is 4.57 Å². The fourth-order valence-corrected chi connectivity index (χ4v) is 2.24. The number of rotatable bonds is 9. The highest BCUT2D eigenvalue weighted by Crippen LogP contribution is 2.14. The number of carboxylic acids is 1. The second-order valence-electron chi connectivity index (χ2n) is 5.61. The summed E-state index contributed by atoms with van der Waals surface area (Å²) in [4.78, 5) is 8.89. The van der Waals surface area contributed by atoms with Crippen molar-refractivity contribution in [3.05, 3.63) is 18.7 Å². The Balaban J connectivity index is 0.000000885. The predicted octanol–water partition coefficient (Wildman–Crippen LogP) is 2.55. The van der Waals surface area contributed by atoms with Crippen LogP contribution in [-0.4, -0.2) is 10.5 Å². The van der Waals surface area contributed by atoms with Gasteiger partial charge < -0.3 is 9.90 Å². The number of carbonyl (C=O) groups excluding carboxylic acids is 1. The van der Waals surface area contributed by atoms with Crippen molar-refractivity contribution in [2.75, 3.05) is 0 Å². The van der Waals surface area contributed by atoms with E-state index in [1.807, 2.05) is 0 Å². The molecule has 0 N–H and O–H groups in total. The number of carbonyl (C=O) groups is 1. The van der Waals surface area contributed by atoms with Crippen LogP contribution in [0.25, 0.3) is 0 Å². The summed E-state index contributed by atoms with van der Waals surface area (Å²) in [5.74, 6) is -0.234. The van der Waals surface area contributed by atoms with Gasteiger partial charge in [0.25, 0.3) is 0 Å². The highest BCUT2D eigenvalue weighted by Gasteiger charge is 2.11. The maximum atomic E-state index is 8.89. The number of hydrogen-bond donors (Lipinski definition) is 0. The maximum Gasteiger partial charge on any atom is 0.243 e. The van der Waals surface area contributed by atoms with Gasteiger partial charge in [-0.1, -0.05) is 40.0 Å². The Labute approximate surface area is 129 Å². The molecule has 0 bridgehead atoms. The van der Waals surface area contributed by atoms with E-state index >= 15 is 0 Å². The van der Waals surface area contributed by atoms with Crippen LogP contribution in [-0.2, 0) is 17.9 Å². The Morgan fingerprint density at radius 2 is 1.86 bits per heavy atom. The molecule has 0 aliphatic rings. The number of aromatic nitrogens is 2. The van der Waals surface area contributed by atoms with Crippen molar-refractivity contribution in [2.45, 2.75) is 79.3 Å². The Morgan fingerprint density at radius 3 is 2.38 bits per heavy atom. The zero-order valence-electron chi connectivity index (χ0n) is 14.2. The summed E-state index contributed by atoms with van der Waals surface area (Å²) in [6.07, 6.45) is 14.6. The van der Waals surface area contributed by atoms with Gasteiger partial charge in [0.15, 0.2) is 0 Å². The number of hydrogen-bond acceptors (Lipinski definition) is 2. The lowest BCUT2D eigenvalue weighted by molar-refractivity contribution is -0.696. The quantitative estimate of drug-likeness (QED) is 0.658. The van der Waals surface area contributed by atoms with Crippen molar-refractivity contribution >= 4 is 5.97 Å². The van der Waals surface area contributed by atoms with Gasteiger partial charge >= 0.3 is 0 Å². The lowest BCUT2D eigenvalue weighted by Crippen LogP contribution is -2.31. The highest BCUT2D eigenvalue weighted by atomic mass is 16.4. The fraction of sp³-hybridized carbons (Fsp3) is 0.765. The summed E-state index contributed by atoms with van der Waals surface area (Å²) in [5.41, 5.74) is 0. The van der Waals surface area contributed by atoms with Gasteiger partial charge in [0.1, 0.15) is 12.4 Å². The largest absolute Gasteiger partial charge is 0.550 e. The third-order valence-electron chi connectivity index (χ3n) is 3.53. The van der Waals surface area contributed by atoms with Crippen molar-refractivity contribution < 1.29 is 14.5 Å². The first-order chi connectivity index (χ1) is 10.0. The first kappa shape index (κ1) is 19.7. The van der Waals surface area contributed by atoms with Gasteiger partial charge in [-0.2, -0.15) is 0 Å². The molecule has 0 spiro atoms. The molecule has 0 radical (unpaired) electrons. The minimum Gasteiger partial charge on any atom is -0.550 e. The summed E-state index contributed by atoms with van der Waals surface area (Å²) in [7, 11) is 0. The molecule has 1 heterocycles. The van der Waals surface area contributed by atoms with Crippen LogP contribution in [0.2, 0.25) is 0 Å². The topological polar surface area (TPSA) is 48.9 Å². The van der Waals surface area contributed by atoms with E-state index in [1.54, 1.807) is 0 Å². The van der Waals surface area contributed by atoms with E-state index in [1.165, 1.54) is 45.1 Å². The van der Waals surface area contributed by atoms with Gasteiger partial charge in [-0.05, 0) is 32.1 Å². The molecule has 1 aromatic rings. The van der Waals surface area contributed by atoms with E-state index in [0.717, 1.165) is 19.4 Å². The Hall–Kier alpha value is -1.32. The highest BCUT2D eigenvalue weighted by molar-refractivity contribution is 5.60. The van der Waals surface area contributed by atoms with Crippen molar-refractivity contribution in [3.8, 4) is 0 Å². The molecule has 0 aliphatic heterocycles. The number of aliphatic carboxylic acids is 1. The van der Waals surface area contributed by atoms with Crippen LogP contribution in [0.1, 0.15) is 66.2 Å². The molecule has 4 heteroatoms. The van der Waals surface area contributed by atoms with Crippen molar-refractivity contribution in [3.63, 3.8) is 0 Å². The molecule has 4 nitrogen and oxygen atoms in total. The minimum atomic E-state index is -1.08. The van der Waals surface area contributed by atoms with Crippen LogP contribution in [0.4, 0.5) is 0 Å². The summed E-state index contributed by atoms with van der Waals surface area (Å²) in [6.45, 7) is 10.2. The van der Waals surface area contributed by atoms with Gasteiger partial charge in [-0.3, -0.25) is 0 Å². The van der Waals surface area contributed by atoms with Crippen LogP contribution < -0.4 is 9.67 Å². The molecular formula is C17H32N2O2. The summed E-state index contributed by atoms with van der Waals surface area (Å²) in [6, 6.07) is 0. The van der Waals surface area contributed by atoms with Gasteiger partial charge in [-0.25, -0.2) is 9.13 Å². The molecule has 0 aromatic carbocycles. The number of unbranched alkanes of at least 4 members (excludes halogenated alkanes) is 2. The molecule has 1 atom stereocenters. The van der Waals surface area contributed by atoms with Gasteiger partial charge in [0.05, 0.1) is 13.1 Å². The molecule has 0 amide bonds. The predicted molar refractivity (Wildman–Crippen MR) is 83.5 cm³/mol. The summed E-state index contributed by atoms with van der Waals surface area (Å²) >= 11 is 0. The number of carboxylic acid groups (broad SMARTS) is 1. The first-order valence-corrected chi connectivity index (χ1v) is 8.25. The number of aryl methyl sites for hydroxylation is 1. The zero-order valence-corrected chi connectivity index (χ0v) is 14.2. The molecule has 0 aliphatic carbocycles. The molecular weight excluding hydrogens is 264 g/mol. The fourth-order valence-electron chi connectivity index (χ4n) is 2.24. The Kier molecular flexibility index (Phi) is 11.6. The second kappa shape index (κ2) is 12.4. The number of nitrogens with zero attached hydrogens (tertiary/aromatic N) is 2. The van der Waals surface area contributed by atoms with Gasteiger partial charge in [-0.15, -0.1) is 0 Å². The van der Waals surface area contributed by atoms with Crippen LogP contribution in [0.15, 0.2) is 18.7 Å². The van der Waals surface area contributed by atoms with E-state index in [2.05, 4.69) is 48.6 Å². The standard InChI is InChI=1S/C15H29N2.C2H4O2/c1-4-7-9-15(6-3)13-17-12-11-16(14-17)10-8-5-2;1-2(3)4/h11-12,14-15H,4-10,13H2,1-3H3;1H3,(H,3,4)/q+1;/p-1. The molecule has 21 heavy (non-hydrogen) atoms. The van der Waals surface area contributed by atoms with Crippen molar-refractivity contribution in [1.29, 1.82) is 0 Å². The minimum absolute atomic E-state index is 0.849. The number of imidazole rings is 1. The average molecular weight is 296 g/mol. The van der Waals surface area contributed by atoms with Gasteiger partial charge in [0, 0.05) is 5.97 Å². The van der Waals surface area contributed by atoms with E-state index in [0.29, 0.717) is 0 Å². The molecule has 1 rings (SSSR count). The molecule has 1 unspecified atom stereocenters. The zero-order chi connectivity index (χ0) is 16.1. The first-order valence-electron chi connectivity index (χ1n) is 8.25. The Bertz CT molecular complexity index is 371. The molecule has 0 saturated heterocycles. The molecule has 0 fully saturated rings. The molecule has 0 saturated carbocycles. The van der Waals surface area contributed by atoms with E-state index in [-0.39, 0.29) is 0 Å². The van der Waals surface area contributed by atoms with Crippen LogP contribution in [0, 0.1) is 5.92 Å². The lowest BCUT2D eigenvalue weighted by atomic mass is 9.99. The molecule has 1 aromatic heterocycles. The van der Waals surface area contributed by atoms with Crippen LogP contribution in [0.3, 0.4) is 0 Å². The SMILES string of the molecule is CC(=O)[O-].CCCCC(CC)Cn1cc[n+](CCCC)c1.